The second-order valence-corrected chi connectivity index (χ2v) is 9.05. The third-order valence-corrected chi connectivity index (χ3v) is 6.66. The Morgan fingerprint density at radius 2 is 0.947 bits per heavy atom. The summed E-state index contributed by atoms with van der Waals surface area (Å²) < 4.78 is 0. The fraction of sp³-hybridized carbons (Fsp3) is 0. The van der Waals surface area contributed by atoms with Crippen LogP contribution < -0.4 is 0 Å². The van der Waals surface area contributed by atoms with E-state index in [0.29, 0.717) is 11.3 Å². The van der Waals surface area contributed by atoms with Crippen LogP contribution in [0.4, 0.5) is 5.69 Å². The zero-order valence-electron chi connectivity index (χ0n) is 20.3. The van der Waals surface area contributed by atoms with Crippen LogP contribution in [0.5, 0.6) is 0 Å². The Morgan fingerprint density at radius 1 is 0.500 bits per heavy atom. The number of benzene rings is 4. The van der Waals surface area contributed by atoms with Gasteiger partial charge in [-0.3, -0.25) is 9.97 Å². The van der Waals surface area contributed by atoms with Gasteiger partial charge in [-0.15, -0.1) is 0 Å². The maximum atomic E-state index is 9.14. The Labute approximate surface area is 221 Å². The second kappa shape index (κ2) is 9.82. The van der Waals surface area contributed by atoms with Gasteiger partial charge < -0.3 is 0 Å². The number of pyridine rings is 2. The predicted octanol–water partition coefficient (Wildman–Crippen LogP) is 8.72. The molecule has 2 heterocycles. The Hall–Kier alpha value is -5.58. The lowest BCUT2D eigenvalue weighted by atomic mass is 9.96. The Bertz CT molecular complexity index is 1730. The number of rotatable bonds is 4. The molecule has 4 nitrogen and oxygen atoms in total. The van der Waals surface area contributed by atoms with Gasteiger partial charge in [0.15, 0.2) is 0 Å². The van der Waals surface area contributed by atoms with E-state index in [1.54, 1.807) is 24.8 Å². The molecule has 2 aromatic heterocycles. The number of nitriles is 1. The highest BCUT2D eigenvalue weighted by molar-refractivity contribution is 5.91. The predicted molar refractivity (Wildman–Crippen MR) is 152 cm³/mol. The van der Waals surface area contributed by atoms with E-state index in [1.807, 2.05) is 12.1 Å². The van der Waals surface area contributed by atoms with E-state index in [0.717, 1.165) is 44.5 Å². The van der Waals surface area contributed by atoms with E-state index in [1.165, 1.54) is 10.8 Å². The molecular weight excluding hydrogens is 464 g/mol. The van der Waals surface area contributed by atoms with Gasteiger partial charge in [0.25, 0.3) is 0 Å². The molecule has 0 saturated carbocycles. The van der Waals surface area contributed by atoms with Crippen molar-refractivity contribution in [3.63, 3.8) is 0 Å². The molecule has 0 bridgehead atoms. The van der Waals surface area contributed by atoms with Crippen molar-refractivity contribution < 1.29 is 0 Å². The number of fused-ring (bicyclic) bond motifs is 1. The zero-order valence-corrected chi connectivity index (χ0v) is 20.3. The number of hydrogen-bond donors (Lipinski definition) is 0. The summed E-state index contributed by atoms with van der Waals surface area (Å²) in [6, 6.07) is 35.6. The normalized spacial score (nSPS) is 10.6. The van der Waals surface area contributed by atoms with Gasteiger partial charge in [0.05, 0.1) is 12.1 Å². The third kappa shape index (κ3) is 4.51. The molecule has 4 aromatic carbocycles. The van der Waals surface area contributed by atoms with Crippen molar-refractivity contribution in [1.82, 2.24) is 9.97 Å². The first-order chi connectivity index (χ1) is 18.7. The standard InChI is InChI=1S/C34H20N4/c1-36-34-17-33(21-38-22-34)27-8-4-25(5-9-27)29-11-13-30-15-28(10-12-31(30)16-29)24-2-6-26(7-3-24)32-14-23(18-35)19-37-20-32/h2-17,19-22H. The molecule has 176 valence electrons. The van der Waals surface area contributed by atoms with E-state index in [-0.39, 0.29) is 0 Å². The van der Waals surface area contributed by atoms with Crippen molar-refractivity contribution in [2.75, 3.05) is 0 Å². The van der Waals surface area contributed by atoms with Crippen LogP contribution in [0, 0.1) is 17.9 Å². The van der Waals surface area contributed by atoms with Gasteiger partial charge >= 0.3 is 0 Å². The van der Waals surface area contributed by atoms with Crippen LogP contribution in [0.3, 0.4) is 0 Å². The molecule has 38 heavy (non-hydrogen) atoms. The van der Waals surface area contributed by atoms with Crippen LogP contribution in [0.25, 0.3) is 60.1 Å². The van der Waals surface area contributed by atoms with Gasteiger partial charge in [0, 0.05) is 30.4 Å². The van der Waals surface area contributed by atoms with Gasteiger partial charge in [0.1, 0.15) is 6.07 Å². The Balaban J connectivity index is 1.25. The highest BCUT2D eigenvalue weighted by Gasteiger charge is 2.06. The van der Waals surface area contributed by atoms with Gasteiger partial charge in [-0.1, -0.05) is 72.8 Å². The van der Waals surface area contributed by atoms with Crippen LogP contribution in [0.15, 0.2) is 122 Å². The van der Waals surface area contributed by atoms with E-state index in [9.17, 15) is 0 Å². The molecule has 6 aromatic rings. The lowest BCUT2D eigenvalue weighted by Gasteiger charge is -2.09. The summed E-state index contributed by atoms with van der Waals surface area (Å²) in [7, 11) is 0. The summed E-state index contributed by atoms with van der Waals surface area (Å²) in [5.41, 5.74) is 9.63. The molecule has 0 aliphatic rings. The molecule has 0 unspecified atom stereocenters. The molecule has 0 atom stereocenters. The van der Waals surface area contributed by atoms with Crippen LogP contribution in [0.1, 0.15) is 5.56 Å². The molecule has 4 heteroatoms. The van der Waals surface area contributed by atoms with Gasteiger partial charge in [0.2, 0.25) is 5.69 Å². The van der Waals surface area contributed by atoms with Crippen molar-refractivity contribution in [1.29, 1.82) is 5.26 Å². The average molecular weight is 485 g/mol. The third-order valence-electron chi connectivity index (χ3n) is 6.66. The smallest absolute Gasteiger partial charge is 0.205 e. The molecule has 0 saturated heterocycles. The van der Waals surface area contributed by atoms with E-state index in [2.05, 4.69) is 106 Å². The first kappa shape index (κ1) is 22.9. The Morgan fingerprint density at radius 3 is 1.45 bits per heavy atom. The fourth-order valence-corrected chi connectivity index (χ4v) is 4.62. The molecule has 0 aliphatic heterocycles. The highest BCUT2D eigenvalue weighted by atomic mass is 14.7. The molecule has 0 aliphatic carbocycles. The van der Waals surface area contributed by atoms with E-state index in [4.69, 9.17) is 11.8 Å². The van der Waals surface area contributed by atoms with Crippen LogP contribution in [-0.4, -0.2) is 9.97 Å². The Kier molecular flexibility index (Phi) is 5.91. The lowest BCUT2D eigenvalue weighted by Crippen LogP contribution is -1.85. The maximum absolute atomic E-state index is 9.14. The van der Waals surface area contributed by atoms with E-state index < -0.39 is 0 Å². The molecule has 6 rings (SSSR count). The van der Waals surface area contributed by atoms with Crippen molar-refractivity contribution in [3.05, 3.63) is 139 Å². The summed E-state index contributed by atoms with van der Waals surface area (Å²) in [6.45, 7) is 7.20. The van der Waals surface area contributed by atoms with Crippen LogP contribution in [0.2, 0.25) is 0 Å². The van der Waals surface area contributed by atoms with Crippen molar-refractivity contribution in [2.45, 2.75) is 0 Å². The number of aromatic nitrogens is 2. The number of nitrogens with zero attached hydrogens (tertiary/aromatic N) is 4. The minimum Gasteiger partial charge on any atom is -0.276 e. The minimum absolute atomic E-state index is 0.541. The summed E-state index contributed by atoms with van der Waals surface area (Å²) in [5.74, 6) is 0. The van der Waals surface area contributed by atoms with Crippen LogP contribution in [-0.2, 0) is 0 Å². The van der Waals surface area contributed by atoms with Crippen molar-refractivity contribution in [2.24, 2.45) is 0 Å². The highest BCUT2D eigenvalue weighted by Crippen LogP contribution is 2.31. The molecule has 0 radical (unpaired) electrons. The largest absolute Gasteiger partial charge is 0.276 e. The molecule has 0 spiro atoms. The lowest BCUT2D eigenvalue weighted by molar-refractivity contribution is 1.30. The molecule has 0 N–H and O–H groups in total. The summed E-state index contributed by atoms with van der Waals surface area (Å²) >= 11 is 0. The molecule has 0 amide bonds. The van der Waals surface area contributed by atoms with Gasteiger partial charge in [-0.25, -0.2) is 4.85 Å². The minimum atomic E-state index is 0.541. The zero-order chi connectivity index (χ0) is 25.9. The SMILES string of the molecule is [C-]#[N+]c1cncc(-c2ccc(-c3ccc4cc(-c5ccc(-c6cncc(C#N)c6)cc5)ccc4c3)cc2)c1. The average Bonchev–Trinajstić information content (AvgIpc) is 3.01. The first-order valence-corrected chi connectivity index (χ1v) is 12.1. The van der Waals surface area contributed by atoms with Crippen molar-refractivity contribution >= 4 is 16.5 Å². The summed E-state index contributed by atoms with van der Waals surface area (Å²) in [6.07, 6.45) is 6.72. The van der Waals surface area contributed by atoms with Gasteiger partial charge in [-0.2, -0.15) is 5.26 Å². The summed E-state index contributed by atoms with van der Waals surface area (Å²) in [5, 5.41) is 11.5. The monoisotopic (exact) mass is 484 g/mol. The number of hydrogen-bond acceptors (Lipinski definition) is 3. The van der Waals surface area contributed by atoms with Crippen LogP contribution >= 0.6 is 0 Å². The van der Waals surface area contributed by atoms with Gasteiger partial charge in [-0.05, 0) is 74.0 Å². The first-order valence-electron chi connectivity index (χ1n) is 12.1. The van der Waals surface area contributed by atoms with E-state index >= 15 is 0 Å². The topological polar surface area (TPSA) is 53.9 Å². The summed E-state index contributed by atoms with van der Waals surface area (Å²) in [4.78, 5) is 11.8. The quantitative estimate of drug-likeness (QED) is 0.235. The fourth-order valence-electron chi connectivity index (χ4n) is 4.62. The molecular formula is C34H20N4. The second-order valence-electron chi connectivity index (χ2n) is 9.05. The molecule has 0 fully saturated rings. The van der Waals surface area contributed by atoms with Crippen molar-refractivity contribution in [3.8, 4) is 50.6 Å². The maximum Gasteiger partial charge on any atom is 0.205 e.